The fourth-order valence-electron chi connectivity index (χ4n) is 3.19. The Hall–Kier alpha value is -3.35. The van der Waals surface area contributed by atoms with Crippen molar-refractivity contribution in [3.8, 4) is 11.5 Å². The maximum absolute atomic E-state index is 12.5. The molecule has 2 amide bonds. The summed E-state index contributed by atoms with van der Waals surface area (Å²) in [5.41, 5.74) is 4.90. The number of fused-ring (bicyclic) bond motifs is 1. The molecule has 0 unspecified atom stereocenters. The van der Waals surface area contributed by atoms with Crippen LogP contribution in [0.1, 0.15) is 30.4 Å². The molecule has 1 aliphatic rings. The molecule has 0 bridgehead atoms. The number of hydrogen-bond donors (Lipinski definition) is 2. The number of anilines is 1. The fraction of sp³-hybridized carbons (Fsp3) is 0.286. The Kier molecular flexibility index (Phi) is 6.26. The van der Waals surface area contributed by atoms with Crippen LogP contribution in [0.15, 0.2) is 47.6 Å². The Morgan fingerprint density at radius 1 is 1.21 bits per heavy atom. The van der Waals surface area contributed by atoms with Crippen molar-refractivity contribution >= 4 is 23.7 Å². The van der Waals surface area contributed by atoms with Crippen molar-refractivity contribution < 1.29 is 19.4 Å². The number of nitrogens with one attached hydrogen (secondary N) is 1. The van der Waals surface area contributed by atoms with Crippen LogP contribution in [0, 0.1) is 0 Å². The average Bonchev–Trinajstić information content (AvgIpc) is 2.72. The van der Waals surface area contributed by atoms with Crippen molar-refractivity contribution in [2.45, 2.75) is 25.7 Å². The Bertz CT molecular complexity index is 895. The Balaban J connectivity index is 1.52. The first-order valence-electron chi connectivity index (χ1n) is 9.16. The zero-order chi connectivity index (χ0) is 19.9. The summed E-state index contributed by atoms with van der Waals surface area (Å²) in [6.45, 7) is 0.671. The predicted molar refractivity (Wildman–Crippen MR) is 107 cm³/mol. The fourth-order valence-corrected chi connectivity index (χ4v) is 3.19. The minimum atomic E-state index is -0.364. The number of aromatic hydroxyl groups is 1. The molecule has 0 atom stereocenters. The van der Waals surface area contributed by atoms with Gasteiger partial charge in [0, 0.05) is 30.6 Å². The zero-order valence-corrected chi connectivity index (χ0v) is 15.7. The Morgan fingerprint density at radius 3 is 2.86 bits per heavy atom. The number of amides is 2. The molecule has 1 aliphatic heterocycles. The molecule has 0 saturated carbocycles. The van der Waals surface area contributed by atoms with Gasteiger partial charge >= 0.3 is 0 Å². The minimum Gasteiger partial charge on any atom is -0.504 e. The van der Waals surface area contributed by atoms with Crippen molar-refractivity contribution in [1.82, 2.24) is 5.43 Å². The molecule has 0 saturated heterocycles. The van der Waals surface area contributed by atoms with Crippen LogP contribution in [0.2, 0.25) is 0 Å². The molecule has 146 valence electrons. The summed E-state index contributed by atoms with van der Waals surface area (Å²) in [4.78, 5) is 26.3. The van der Waals surface area contributed by atoms with Crippen molar-refractivity contribution in [2.24, 2.45) is 5.10 Å². The van der Waals surface area contributed by atoms with Gasteiger partial charge in [0.05, 0.1) is 13.3 Å². The van der Waals surface area contributed by atoms with Gasteiger partial charge in [-0.2, -0.15) is 5.10 Å². The van der Waals surface area contributed by atoms with Crippen LogP contribution in [0.4, 0.5) is 5.69 Å². The quantitative estimate of drug-likeness (QED) is 0.594. The maximum atomic E-state index is 12.5. The molecular formula is C21H23N3O4. The maximum Gasteiger partial charge on any atom is 0.240 e. The Labute approximate surface area is 163 Å². The highest BCUT2D eigenvalue weighted by molar-refractivity contribution is 5.96. The lowest BCUT2D eigenvalue weighted by atomic mass is 10.0. The summed E-state index contributed by atoms with van der Waals surface area (Å²) in [6.07, 6.45) is 3.37. The number of methoxy groups -OCH3 is 1. The number of rotatable bonds is 6. The van der Waals surface area contributed by atoms with E-state index in [1.54, 1.807) is 23.1 Å². The smallest absolute Gasteiger partial charge is 0.240 e. The third kappa shape index (κ3) is 4.49. The zero-order valence-electron chi connectivity index (χ0n) is 15.7. The number of benzene rings is 2. The van der Waals surface area contributed by atoms with Crippen molar-refractivity contribution in [2.75, 3.05) is 18.6 Å². The number of phenols is 1. The van der Waals surface area contributed by atoms with Crippen LogP contribution >= 0.6 is 0 Å². The molecule has 1 heterocycles. The number of para-hydroxylation sites is 2. The van der Waals surface area contributed by atoms with Gasteiger partial charge in [0.25, 0.3) is 0 Å². The van der Waals surface area contributed by atoms with E-state index in [0.29, 0.717) is 17.9 Å². The predicted octanol–water partition coefficient (Wildman–Crippen LogP) is 2.61. The largest absolute Gasteiger partial charge is 0.504 e. The molecule has 0 spiro atoms. The van der Waals surface area contributed by atoms with E-state index in [9.17, 15) is 14.7 Å². The van der Waals surface area contributed by atoms with Crippen molar-refractivity contribution in [3.63, 3.8) is 0 Å². The van der Waals surface area contributed by atoms with E-state index in [-0.39, 0.29) is 30.4 Å². The number of hydrogen-bond acceptors (Lipinski definition) is 5. The summed E-state index contributed by atoms with van der Waals surface area (Å²) >= 11 is 0. The van der Waals surface area contributed by atoms with Gasteiger partial charge < -0.3 is 14.7 Å². The summed E-state index contributed by atoms with van der Waals surface area (Å²) in [6, 6.07) is 12.8. The molecule has 0 aromatic heterocycles. The van der Waals surface area contributed by atoms with Crippen LogP contribution in [0.5, 0.6) is 11.5 Å². The molecule has 0 aliphatic carbocycles. The summed E-state index contributed by atoms with van der Waals surface area (Å²) in [7, 11) is 1.45. The molecular weight excluding hydrogens is 358 g/mol. The lowest BCUT2D eigenvalue weighted by molar-refractivity contribution is -0.125. The van der Waals surface area contributed by atoms with Gasteiger partial charge in [-0.1, -0.05) is 24.3 Å². The second kappa shape index (κ2) is 9.03. The van der Waals surface area contributed by atoms with Crippen LogP contribution in [-0.4, -0.2) is 36.8 Å². The average molecular weight is 381 g/mol. The third-order valence-electron chi connectivity index (χ3n) is 4.62. The molecule has 2 N–H and O–H groups in total. The van der Waals surface area contributed by atoms with E-state index >= 15 is 0 Å². The second-order valence-electron chi connectivity index (χ2n) is 6.47. The molecule has 28 heavy (non-hydrogen) atoms. The molecule has 3 rings (SSSR count). The number of carbonyl (C=O) groups is 2. The first kappa shape index (κ1) is 19.4. The van der Waals surface area contributed by atoms with Crippen LogP contribution < -0.4 is 15.1 Å². The van der Waals surface area contributed by atoms with E-state index < -0.39 is 0 Å². The van der Waals surface area contributed by atoms with E-state index in [1.165, 1.54) is 13.3 Å². The number of ether oxygens (including phenoxy) is 1. The molecule has 0 radical (unpaired) electrons. The van der Waals surface area contributed by atoms with E-state index in [2.05, 4.69) is 10.5 Å². The van der Waals surface area contributed by atoms with Crippen LogP contribution in [0.3, 0.4) is 0 Å². The number of carbonyl (C=O) groups excluding carboxylic acids is 2. The summed E-state index contributed by atoms with van der Waals surface area (Å²) in [5, 5.41) is 13.8. The molecule has 2 aromatic carbocycles. The van der Waals surface area contributed by atoms with Gasteiger partial charge in [0.2, 0.25) is 11.8 Å². The van der Waals surface area contributed by atoms with Crippen molar-refractivity contribution in [1.29, 1.82) is 0 Å². The Morgan fingerprint density at radius 2 is 2.04 bits per heavy atom. The highest BCUT2D eigenvalue weighted by Gasteiger charge is 2.22. The molecule has 7 heteroatoms. The number of phenolic OH excluding ortho intramolecular Hbond substituents is 1. The third-order valence-corrected chi connectivity index (χ3v) is 4.62. The summed E-state index contributed by atoms with van der Waals surface area (Å²) < 4.78 is 5.02. The lowest BCUT2D eigenvalue weighted by Crippen LogP contribution is -2.36. The number of nitrogens with zero attached hydrogens (tertiary/aromatic N) is 2. The van der Waals surface area contributed by atoms with E-state index in [4.69, 9.17) is 4.74 Å². The highest BCUT2D eigenvalue weighted by atomic mass is 16.5. The van der Waals surface area contributed by atoms with Crippen LogP contribution in [-0.2, 0) is 16.0 Å². The van der Waals surface area contributed by atoms with E-state index in [0.717, 1.165) is 24.1 Å². The first-order valence-corrected chi connectivity index (χ1v) is 9.16. The second-order valence-corrected chi connectivity index (χ2v) is 6.47. The monoisotopic (exact) mass is 381 g/mol. The van der Waals surface area contributed by atoms with Crippen LogP contribution in [0.25, 0.3) is 0 Å². The standard InChI is InChI=1S/C21H23N3O4/c1-28-18-10-4-7-16(21(18)27)14-22-23-19(25)11-12-20(26)24-13-5-8-15-6-2-3-9-17(15)24/h2-4,6-7,9-10,14,27H,5,8,11-13H2,1H3,(H,23,25)/b22-14+. The molecule has 2 aromatic rings. The van der Waals surface area contributed by atoms with Gasteiger partial charge in [0.1, 0.15) is 0 Å². The van der Waals surface area contributed by atoms with Crippen molar-refractivity contribution in [3.05, 3.63) is 53.6 Å². The van der Waals surface area contributed by atoms with E-state index in [1.807, 2.05) is 24.3 Å². The van der Waals surface area contributed by atoms with Gasteiger partial charge in [0.15, 0.2) is 11.5 Å². The number of hydrazone groups is 1. The summed E-state index contributed by atoms with van der Waals surface area (Å²) in [5.74, 6) is -0.168. The van der Waals surface area contributed by atoms with Gasteiger partial charge in [-0.05, 0) is 36.6 Å². The SMILES string of the molecule is COc1cccc(/C=N/NC(=O)CCC(=O)N2CCCc3ccccc32)c1O. The van der Waals surface area contributed by atoms with Gasteiger partial charge in [-0.3, -0.25) is 9.59 Å². The minimum absolute atomic E-state index is 0.0406. The number of aryl methyl sites for hydroxylation is 1. The topological polar surface area (TPSA) is 91.2 Å². The normalized spacial score (nSPS) is 13.2. The first-order chi connectivity index (χ1) is 13.6. The molecule has 0 fully saturated rings. The highest BCUT2D eigenvalue weighted by Crippen LogP contribution is 2.28. The van der Waals surface area contributed by atoms with Gasteiger partial charge in [-0.25, -0.2) is 5.43 Å². The molecule has 7 nitrogen and oxygen atoms in total. The van der Waals surface area contributed by atoms with Gasteiger partial charge in [-0.15, -0.1) is 0 Å². The lowest BCUT2D eigenvalue weighted by Gasteiger charge is -2.29.